The van der Waals surface area contributed by atoms with E-state index in [1.54, 1.807) is 0 Å². The second-order valence-electron chi connectivity index (χ2n) is 3.79. The van der Waals surface area contributed by atoms with E-state index in [2.05, 4.69) is 0 Å². The zero-order chi connectivity index (χ0) is 9.15. The van der Waals surface area contributed by atoms with Gasteiger partial charge in [-0.2, -0.15) is 11.8 Å². The van der Waals surface area contributed by atoms with Crippen LogP contribution in [0.2, 0.25) is 0 Å². The first-order chi connectivity index (χ1) is 6.35. The molecule has 2 N–H and O–H groups in total. The van der Waals surface area contributed by atoms with Crippen molar-refractivity contribution in [3.05, 3.63) is 0 Å². The number of hydrogen-bond donors (Lipinski definition) is 1. The van der Waals surface area contributed by atoms with Crippen molar-refractivity contribution >= 4 is 11.8 Å². The van der Waals surface area contributed by atoms with Gasteiger partial charge < -0.3 is 15.2 Å². The predicted molar refractivity (Wildman–Crippen MR) is 54.0 cm³/mol. The lowest BCUT2D eigenvalue weighted by molar-refractivity contribution is -0.197. The van der Waals surface area contributed by atoms with Crippen molar-refractivity contribution in [1.82, 2.24) is 0 Å². The second kappa shape index (κ2) is 4.17. The highest BCUT2D eigenvalue weighted by atomic mass is 32.2. The Bertz CT molecular complexity index is 165. The van der Waals surface area contributed by atoms with Crippen molar-refractivity contribution in [2.75, 3.05) is 31.3 Å². The first kappa shape index (κ1) is 9.77. The van der Waals surface area contributed by atoms with Gasteiger partial charge in [0.05, 0.1) is 24.9 Å². The number of ether oxygens (including phenoxy) is 2. The van der Waals surface area contributed by atoms with E-state index in [1.165, 1.54) is 11.5 Å². The second-order valence-corrected chi connectivity index (χ2v) is 5.01. The maximum atomic E-state index is 6.00. The minimum atomic E-state index is 0.00748. The molecule has 2 saturated heterocycles. The van der Waals surface area contributed by atoms with Crippen LogP contribution < -0.4 is 5.73 Å². The minimum Gasteiger partial charge on any atom is -0.376 e. The largest absolute Gasteiger partial charge is 0.376 e. The molecule has 0 radical (unpaired) electrons. The fourth-order valence-electron chi connectivity index (χ4n) is 1.92. The summed E-state index contributed by atoms with van der Waals surface area (Å²) in [7, 11) is 0. The van der Waals surface area contributed by atoms with Crippen molar-refractivity contribution in [3.8, 4) is 0 Å². The molecule has 0 aromatic carbocycles. The van der Waals surface area contributed by atoms with Gasteiger partial charge >= 0.3 is 0 Å². The van der Waals surface area contributed by atoms with Gasteiger partial charge in [0.15, 0.2) is 0 Å². The summed E-state index contributed by atoms with van der Waals surface area (Å²) in [4.78, 5) is 0. The average Bonchev–Trinajstić information content (AvgIpc) is 2.19. The standard InChI is InChI=1S/C9H17NO2S/c10-5-8-6-11-7-9(12-8)1-3-13-4-2-9/h8H,1-7,10H2. The lowest BCUT2D eigenvalue weighted by atomic mass is 9.96. The quantitative estimate of drug-likeness (QED) is 0.679. The Morgan fingerprint density at radius 1 is 1.38 bits per heavy atom. The number of thioether (sulfide) groups is 1. The molecule has 2 aliphatic rings. The molecule has 76 valence electrons. The molecule has 0 saturated carbocycles. The van der Waals surface area contributed by atoms with Gasteiger partial charge in [-0.05, 0) is 24.3 Å². The summed E-state index contributed by atoms with van der Waals surface area (Å²) in [5.74, 6) is 2.39. The Labute approximate surface area is 83.3 Å². The molecule has 3 nitrogen and oxygen atoms in total. The van der Waals surface area contributed by atoms with Crippen LogP contribution in [0.15, 0.2) is 0 Å². The van der Waals surface area contributed by atoms with Crippen LogP contribution in [-0.4, -0.2) is 43.0 Å². The highest BCUT2D eigenvalue weighted by Gasteiger charge is 2.38. The summed E-state index contributed by atoms with van der Waals surface area (Å²) in [6, 6.07) is 0. The smallest absolute Gasteiger partial charge is 0.0939 e. The zero-order valence-corrected chi connectivity index (χ0v) is 8.65. The van der Waals surface area contributed by atoms with Gasteiger partial charge in [0.2, 0.25) is 0 Å². The number of hydrogen-bond acceptors (Lipinski definition) is 4. The first-order valence-corrected chi connectivity index (χ1v) is 6.03. The van der Waals surface area contributed by atoms with Crippen LogP contribution in [-0.2, 0) is 9.47 Å². The fourth-order valence-corrected chi connectivity index (χ4v) is 3.16. The van der Waals surface area contributed by atoms with Gasteiger partial charge in [0, 0.05) is 6.54 Å². The van der Waals surface area contributed by atoms with E-state index in [1.807, 2.05) is 11.8 Å². The molecule has 1 unspecified atom stereocenters. The van der Waals surface area contributed by atoms with Gasteiger partial charge in [0.1, 0.15) is 0 Å². The van der Waals surface area contributed by atoms with Crippen LogP contribution in [0.4, 0.5) is 0 Å². The maximum absolute atomic E-state index is 6.00. The van der Waals surface area contributed by atoms with E-state index < -0.39 is 0 Å². The summed E-state index contributed by atoms with van der Waals surface area (Å²) < 4.78 is 11.6. The highest BCUT2D eigenvalue weighted by molar-refractivity contribution is 7.99. The van der Waals surface area contributed by atoms with E-state index in [9.17, 15) is 0 Å². The summed E-state index contributed by atoms with van der Waals surface area (Å²) in [6.07, 6.45) is 2.36. The lowest BCUT2D eigenvalue weighted by Crippen LogP contribution is -2.51. The van der Waals surface area contributed by atoms with Crippen LogP contribution in [0, 0.1) is 0 Å². The van der Waals surface area contributed by atoms with Gasteiger partial charge in [-0.1, -0.05) is 0 Å². The minimum absolute atomic E-state index is 0.00748. The van der Waals surface area contributed by atoms with Crippen LogP contribution in [0.1, 0.15) is 12.8 Å². The van der Waals surface area contributed by atoms with Crippen molar-refractivity contribution in [2.45, 2.75) is 24.5 Å². The zero-order valence-electron chi connectivity index (χ0n) is 7.83. The summed E-state index contributed by atoms with van der Waals surface area (Å²) >= 11 is 2.00. The molecular formula is C9H17NO2S. The summed E-state index contributed by atoms with van der Waals surface area (Å²) in [6.45, 7) is 2.02. The first-order valence-electron chi connectivity index (χ1n) is 4.88. The molecular weight excluding hydrogens is 186 g/mol. The molecule has 2 heterocycles. The molecule has 0 amide bonds. The average molecular weight is 203 g/mol. The Morgan fingerprint density at radius 2 is 2.15 bits per heavy atom. The SMILES string of the molecule is NCC1COCC2(CCSCC2)O1. The highest BCUT2D eigenvalue weighted by Crippen LogP contribution is 2.33. The van der Waals surface area contributed by atoms with Crippen molar-refractivity contribution in [1.29, 1.82) is 0 Å². The molecule has 1 spiro atoms. The van der Waals surface area contributed by atoms with Gasteiger partial charge in [-0.15, -0.1) is 0 Å². The molecule has 13 heavy (non-hydrogen) atoms. The van der Waals surface area contributed by atoms with Crippen LogP contribution in [0.5, 0.6) is 0 Å². The lowest BCUT2D eigenvalue weighted by Gasteiger charge is -2.43. The molecule has 0 aliphatic carbocycles. The third-order valence-electron chi connectivity index (χ3n) is 2.75. The monoisotopic (exact) mass is 203 g/mol. The normalized spacial score (nSPS) is 33.5. The molecule has 2 aliphatic heterocycles. The van der Waals surface area contributed by atoms with E-state index >= 15 is 0 Å². The van der Waals surface area contributed by atoms with Crippen LogP contribution in [0.3, 0.4) is 0 Å². The van der Waals surface area contributed by atoms with E-state index in [0.717, 1.165) is 19.4 Å². The third kappa shape index (κ3) is 2.18. The maximum Gasteiger partial charge on any atom is 0.0939 e. The van der Waals surface area contributed by atoms with E-state index in [-0.39, 0.29) is 11.7 Å². The molecule has 0 aromatic rings. The molecule has 0 aromatic heterocycles. The van der Waals surface area contributed by atoms with E-state index in [0.29, 0.717) is 13.2 Å². The molecule has 2 rings (SSSR count). The van der Waals surface area contributed by atoms with Crippen LogP contribution in [0.25, 0.3) is 0 Å². The van der Waals surface area contributed by atoms with Crippen LogP contribution >= 0.6 is 11.8 Å². The number of rotatable bonds is 1. The fraction of sp³-hybridized carbons (Fsp3) is 1.00. The topological polar surface area (TPSA) is 44.5 Å². The summed E-state index contributed by atoms with van der Waals surface area (Å²) in [5, 5.41) is 0. The Hall–Kier alpha value is 0.230. The van der Waals surface area contributed by atoms with Crippen molar-refractivity contribution < 1.29 is 9.47 Å². The predicted octanol–water partition coefficient (Wildman–Crippen LogP) is 0.626. The Kier molecular flexibility index (Phi) is 3.14. The Morgan fingerprint density at radius 3 is 2.85 bits per heavy atom. The van der Waals surface area contributed by atoms with Gasteiger partial charge in [-0.25, -0.2) is 0 Å². The van der Waals surface area contributed by atoms with Crippen molar-refractivity contribution in [3.63, 3.8) is 0 Å². The molecule has 4 heteroatoms. The number of nitrogens with two attached hydrogens (primary N) is 1. The van der Waals surface area contributed by atoms with E-state index in [4.69, 9.17) is 15.2 Å². The Balaban J connectivity index is 1.95. The third-order valence-corrected chi connectivity index (χ3v) is 3.74. The van der Waals surface area contributed by atoms with Crippen molar-refractivity contribution in [2.24, 2.45) is 5.73 Å². The van der Waals surface area contributed by atoms with Gasteiger partial charge in [-0.3, -0.25) is 0 Å². The summed E-state index contributed by atoms with van der Waals surface area (Å²) in [5.41, 5.74) is 5.59. The van der Waals surface area contributed by atoms with Gasteiger partial charge in [0.25, 0.3) is 0 Å². The molecule has 1 atom stereocenters. The molecule has 2 fully saturated rings. The molecule has 0 bridgehead atoms.